The van der Waals surface area contributed by atoms with Crippen LogP contribution in [0.25, 0.3) is 11.6 Å². The monoisotopic (exact) mass is 435 g/mol. The Balaban J connectivity index is 1.14. The molecule has 8 nitrogen and oxygen atoms in total. The van der Waals surface area contributed by atoms with Crippen LogP contribution in [-0.4, -0.2) is 32.6 Å². The van der Waals surface area contributed by atoms with Crippen LogP contribution in [0.4, 0.5) is 0 Å². The van der Waals surface area contributed by atoms with Gasteiger partial charge in [0.15, 0.2) is 0 Å². The van der Waals surface area contributed by atoms with Gasteiger partial charge in [0, 0.05) is 30.6 Å². The number of aryl methyl sites for hydroxylation is 3. The van der Waals surface area contributed by atoms with Crippen molar-refractivity contribution >= 4 is 5.91 Å². The number of hydrogen-bond donors (Lipinski definition) is 1. The molecule has 1 saturated carbocycles. The normalized spacial score (nSPS) is 20.7. The second-order valence-corrected chi connectivity index (χ2v) is 9.06. The number of rotatable bonds is 5. The first-order chi connectivity index (χ1) is 15.6. The largest absolute Gasteiger partial charge is 0.465 e. The minimum atomic E-state index is 0.0114. The van der Waals surface area contributed by atoms with Crippen molar-refractivity contribution < 1.29 is 13.6 Å². The van der Waals surface area contributed by atoms with Gasteiger partial charge in [-0.05, 0) is 64.7 Å². The summed E-state index contributed by atoms with van der Waals surface area (Å²) < 4.78 is 11.8. The molecule has 0 spiro atoms. The van der Waals surface area contributed by atoms with Crippen molar-refractivity contribution in [3.8, 4) is 11.6 Å². The fourth-order valence-electron chi connectivity index (χ4n) is 4.94. The van der Waals surface area contributed by atoms with Crippen LogP contribution in [0.1, 0.15) is 83.5 Å². The van der Waals surface area contributed by atoms with Crippen LogP contribution < -0.4 is 5.32 Å². The van der Waals surface area contributed by atoms with Gasteiger partial charge in [0.25, 0.3) is 11.8 Å². The summed E-state index contributed by atoms with van der Waals surface area (Å²) in [7, 11) is 0. The van der Waals surface area contributed by atoms with Crippen LogP contribution in [0.2, 0.25) is 0 Å². The second-order valence-electron chi connectivity index (χ2n) is 9.06. The zero-order chi connectivity index (χ0) is 22.1. The fourth-order valence-corrected chi connectivity index (χ4v) is 4.94. The first-order valence-corrected chi connectivity index (χ1v) is 11.6. The van der Waals surface area contributed by atoms with E-state index in [2.05, 4.69) is 25.5 Å². The number of furan rings is 1. The van der Waals surface area contributed by atoms with E-state index in [4.69, 9.17) is 8.83 Å². The summed E-state index contributed by atoms with van der Waals surface area (Å²) in [4.78, 5) is 21.4. The Morgan fingerprint density at radius 3 is 2.62 bits per heavy atom. The van der Waals surface area contributed by atoms with Gasteiger partial charge in [0.05, 0.1) is 17.5 Å². The Kier molecular flexibility index (Phi) is 5.76. The molecule has 8 heteroatoms. The lowest BCUT2D eigenvalue weighted by molar-refractivity contribution is 0.0940. The Morgan fingerprint density at radius 2 is 1.84 bits per heavy atom. The predicted molar refractivity (Wildman–Crippen MR) is 117 cm³/mol. The van der Waals surface area contributed by atoms with Gasteiger partial charge >= 0.3 is 0 Å². The zero-order valence-corrected chi connectivity index (χ0v) is 18.7. The SMILES string of the molecule is Cc1cnc(-c2nnc(C3CCC(CNC(=O)c4c(C)oc5c4CCCC5)CC3)o2)cn1. The highest BCUT2D eigenvalue weighted by Gasteiger charge is 2.29. The molecule has 3 heterocycles. The van der Waals surface area contributed by atoms with Gasteiger partial charge in [0.1, 0.15) is 17.2 Å². The maximum absolute atomic E-state index is 12.9. The molecule has 0 bridgehead atoms. The molecule has 5 rings (SSSR count). The molecule has 1 amide bonds. The van der Waals surface area contributed by atoms with Gasteiger partial charge in [-0.3, -0.25) is 9.78 Å². The molecular formula is C24H29N5O3. The highest BCUT2D eigenvalue weighted by atomic mass is 16.4. The lowest BCUT2D eigenvalue weighted by Gasteiger charge is -2.26. The van der Waals surface area contributed by atoms with Gasteiger partial charge < -0.3 is 14.2 Å². The number of amides is 1. The summed E-state index contributed by atoms with van der Waals surface area (Å²) in [5, 5.41) is 11.6. The minimum absolute atomic E-state index is 0.0114. The first kappa shape index (κ1) is 20.8. The van der Waals surface area contributed by atoms with Gasteiger partial charge in [0.2, 0.25) is 5.89 Å². The molecule has 0 aromatic carbocycles. The standard InChI is InChI=1S/C24H29N5O3/c1-14-11-26-19(13-25-14)24-29-28-23(32-24)17-9-7-16(8-10-17)12-27-22(30)21-15(2)31-20-6-4-3-5-18(20)21/h11,13,16-17H,3-10,12H2,1-2H3,(H,27,30). The lowest BCUT2D eigenvalue weighted by Crippen LogP contribution is -2.32. The van der Waals surface area contributed by atoms with Crippen molar-refractivity contribution in [1.82, 2.24) is 25.5 Å². The van der Waals surface area contributed by atoms with E-state index in [1.54, 1.807) is 12.4 Å². The number of hydrogen-bond acceptors (Lipinski definition) is 7. The molecule has 2 aliphatic rings. The molecule has 3 aromatic rings. The molecule has 0 atom stereocenters. The van der Waals surface area contributed by atoms with E-state index in [0.29, 0.717) is 29.9 Å². The third kappa shape index (κ3) is 4.18. The van der Waals surface area contributed by atoms with Crippen molar-refractivity contribution in [3.05, 3.63) is 46.6 Å². The summed E-state index contributed by atoms with van der Waals surface area (Å²) in [5.41, 5.74) is 3.34. The maximum Gasteiger partial charge on any atom is 0.267 e. The van der Waals surface area contributed by atoms with E-state index in [1.165, 1.54) is 0 Å². The molecular weight excluding hydrogens is 406 g/mol. The topological polar surface area (TPSA) is 107 Å². The van der Waals surface area contributed by atoms with Gasteiger partial charge in [-0.2, -0.15) is 0 Å². The van der Waals surface area contributed by atoms with Crippen LogP contribution in [0.15, 0.2) is 21.2 Å². The van der Waals surface area contributed by atoms with Crippen LogP contribution in [0.3, 0.4) is 0 Å². The Bertz CT molecular complexity index is 1090. The molecule has 0 aliphatic heterocycles. The minimum Gasteiger partial charge on any atom is -0.465 e. The average Bonchev–Trinajstić information content (AvgIpc) is 3.42. The van der Waals surface area contributed by atoms with Crippen molar-refractivity contribution in [1.29, 1.82) is 0 Å². The lowest BCUT2D eigenvalue weighted by atomic mass is 9.82. The Hall–Kier alpha value is -3.03. The van der Waals surface area contributed by atoms with Crippen LogP contribution in [0.5, 0.6) is 0 Å². The summed E-state index contributed by atoms with van der Waals surface area (Å²) in [6.45, 7) is 4.49. The van der Waals surface area contributed by atoms with E-state index in [-0.39, 0.29) is 11.8 Å². The van der Waals surface area contributed by atoms with E-state index in [9.17, 15) is 4.79 Å². The highest BCUT2D eigenvalue weighted by Crippen LogP contribution is 2.36. The predicted octanol–water partition coefficient (Wildman–Crippen LogP) is 4.32. The molecule has 32 heavy (non-hydrogen) atoms. The number of carbonyl (C=O) groups excluding carboxylic acids is 1. The molecule has 168 valence electrons. The van der Waals surface area contributed by atoms with Crippen LogP contribution in [0, 0.1) is 19.8 Å². The molecule has 0 unspecified atom stereocenters. The number of aromatic nitrogens is 4. The molecule has 0 saturated heterocycles. The number of fused-ring (bicyclic) bond motifs is 1. The van der Waals surface area contributed by atoms with Crippen molar-refractivity contribution in [2.75, 3.05) is 6.54 Å². The maximum atomic E-state index is 12.9. The summed E-state index contributed by atoms with van der Waals surface area (Å²) in [6.07, 6.45) is 11.5. The number of carbonyl (C=O) groups is 1. The third-order valence-electron chi connectivity index (χ3n) is 6.76. The highest BCUT2D eigenvalue weighted by molar-refractivity contribution is 5.97. The van der Waals surface area contributed by atoms with E-state index >= 15 is 0 Å². The van der Waals surface area contributed by atoms with Gasteiger partial charge in [-0.15, -0.1) is 10.2 Å². The molecule has 2 aliphatic carbocycles. The second kappa shape index (κ2) is 8.84. The molecule has 0 radical (unpaired) electrons. The van der Waals surface area contributed by atoms with E-state index < -0.39 is 0 Å². The van der Waals surface area contributed by atoms with Crippen molar-refractivity contribution in [2.24, 2.45) is 5.92 Å². The number of nitrogens with zero attached hydrogens (tertiary/aromatic N) is 4. The molecule has 3 aromatic heterocycles. The van der Waals surface area contributed by atoms with Crippen LogP contribution in [-0.2, 0) is 12.8 Å². The summed E-state index contributed by atoms with van der Waals surface area (Å²) >= 11 is 0. The smallest absolute Gasteiger partial charge is 0.267 e. The van der Waals surface area contributed by atoms with Crippen molar-refractivity contribution in [2.45, 2.75) is 71.1 Å². The average molecular weight is 436 g/mol. The third-order valence-corrected chi connectivity index (χ3v) is 6.76. The van der Waals surface area contributed by atoms with E-state index in [1.807, 2.05) is 13.8 Å². The Labute approximate surface area is 187 Å². The number of nitrogens with one attached hydrogen (secondary N) is 1. The fraction of sp³-hybridized carbons (Fsp3) is 0.542. The van der Waals surface area contributed by atoms with Gasteiger partial charge in [-0.1, -0.05) is 0 Å². The van der Waals surface area contributed by atoms with Gasteiger partial charge in [-0.25, -0.2) is 4.98 Å². The molecule has 1 fully saturated rings. The Morgan fingerprint density at radius 1 is 1.03 bits per heavy atom. The van der Waals surface area contributed by atoms with Crippen LogP contribution >= 0.6 is 0 Å². The van der Waals surface area contributed by atoms with Crippen molar-refractivity contribution in [3.63, 3.8) is 0 Å². The quantitative estimate of drug-likeness (QED) is 0.636. The molecule has 1 N–H and O–H groups in total. The van der Waals surface area contributed by atoms with E-state index in [0.717, 1.165) is 79.7 Å². The first-order valence-electron chi connectivity index (χ1n) is 11.6. The summed E-state index contributed by atoms with van der Waals surface area (Å²) in [5.74, 6) is 3.58. The zero-order valence-electron chi connectivity index (χ0n) is 18.7. The summed E-state index contributed by atoms with van der Waals surface area (Å²) in [6, 6.07) is 0.